The molecule has 3 N–H and O–H groups in total. The number of carbonyl (C=O) groups is 2. The topological polar surface area (TPSA) is 97.3 Å². The molecule has 2 aromatic rings. The molecule has 0 radical (unpaired) electrons. The smallest absolute Gasteiger partial charge is 0.325 e. The minimum absolute atomic E-state index is 0.213. The van der Waals surface area contributed by atoms with Crippen molar-refractivity contribution in [2.45, 2.75) is 33.6 Å². The molecular formula is C27H37N5O2. The second-order valence-electron chi connectivity index (χ2n) is 8.06. The lowest BCUT2D eigenvalue weighted by molar-refractivity contribution is -0.124. The Morgan fingerprint density at radius 1 is 1.09 bits per heavy atom. The molecule has 0 aliphatic carbocycles. The van der Waals surface area contributed by atoms with E-state index < -0.39 is 6.03 Å². The lowest BCUT2D eigenvalue weighted by Crippen LogP contribution is -2.43. The third-order valence-corrected chi connectivity index (χ3v) is 5.12. The number of nitrogens with zero attached hydrogens (tertiary/aromatic N) is 2. The van der Waals surface area contributed by atoms with Gasteiger partial charge in [-0.3, -0.25) is 10.1 Å². The Hall–Kier alpha value is -3.63. The largest absolute Gasteiger partial charge is 0.370 e. The number of nitrogens with one attached hydrogen (secondary N) is 3. The molecule has 0 atom stereocenters. The van der Waals surface area contributed by atoms with Crippen LogP contribution in [0.15, 0.2) is 55.1 Å². The SMILES string of the molecule is C=CC.CNC.Cc1ccc(NC(=O)NC(=O)C2CCN(c3cccc(C)c3C#N)CC2)cc1. The van der Waals surface area contributed by atoms with Gasteiger partial charge in [0, 0.05) is 24.7 Å². The van der Waals surface area contributed by atoms with Crippen LogP contribution >= 0.6 is 0 Å². The molecule has 0 spiro atoms. The average molecular weight is 464 g/mol. The van der Waals surface area contributed by atoms with Crippen LogP contribution in [0.2, 0.25) is 0 Å². The summed E-state index contributed by atoms with van der Waals surface area (Å²) in [6.07, 6.45) is 3.03. The fourth-order valence-electron chi connectivity index (χ4n) is 3.46. The third kappa shape index (κ3) is 9.08. The van der Waals surface area contributed by atoms with Crippen molar-refractivity contribution in [1.29, 1.82) is 5.26 Å². The van der Waals surface area contributed by atoms with Gasteiger partial charge in [-0.25, -0.2) is 4.79 Å². The Labute approximate surface area is 203 Å². The van der Waals surface area contributed by atoms with E-state index in [1.165, 1.54) is 0 Å². The van der Waals surface area contributed by atoms with E-state index in [4.69, 9.17) is 0 Å². The van der Waals surface area contributed by atoms with Gasteiger partial charge >= 0.3 is 6.03 Å². The number of nitriles is 1. The van der Waals surface area contributed by atoms with E-state index in [1.807, 2.05) is 65.2 Å². The molecule has 3 rings (SSSR count). The summed E-state index contributed by atoms with van der Waals surface area (Å²) in [6, 6.07) is 15.0. The van der Waals surface area contributed by atoms with Crippen LogP contribution < -0.4 is 20.9 Å². The minimum atomic E-state index is -0.512. The molecule has 1 aliphatic rings. The van der Waals surface area contributed by atoms with Crippen LogP contribution in [0.3, 0.4) is 0 Å². The van der Waals surface area contributed by atoms with E-state index >= 15 is 0 Å². The number of rotatable bonds is 3. The van der Waals surface area contributed by atoms with Crippen LogP contribution in [0.1, 0.15) is 36.5 Å². The maximum Gasteiger partial charge on any atom is 0.325 e. The molecule has 1 heterocycles. The number of piperidine rings is 1. The zero-order valence-electron chi connectivity index (χ0n) is 20.9. The van der Waals surface area contributed by atoms with Gasteiger partial charge in [0.05, 0.1) is 11.3 Å². The van der Waals surface area contributed by atoms with Crippen LogP contribution in [0.25, 0.3) is 0 Å². The van der Waals surface area contributed by atoms with Crippen molar-refractivity contribution in [3.63, 3.8) is 0 Å². The highest BCUT2D eigenvalue weighted by molar-refractivity contribution is 6.01. The van der Waals surface area contributed by atoms with Crippen molar-refractivity contribution in [3.05, 3.63) is 71.8 Å². The Morgan fingerprint density at radius 2 is 1.65 bits per heavy atom. The normalized spacial score (nSPS) is 12.6. The van der Waals surface area contributed by atoms with Gasteiger partial charge in [0.1, 0.15) is 6.07 Å². The summed E-state index contributed by atoms with van der Waals surface area (Å²) in [5.41, 5.74) is 4.30. The van der Waals surface area contributed by atoms with Crippen molar-refractivity contribution in [1.82, 2.24) is 10.6 Å². The fraction of sp³-hybridized carbons (Fsp3) is 0.370. The molecule has 34 heavy (non-hydrogen) atoms. The number of amides is 3. The van der Waals surface area contributed by atoms with Crippen molar-refractivity contribution < 1.29 is 9.59 Å². The maximum atomic E-state index is 12.4. The average Bonchev–Trinajstić information content (AvgIpc) is 2.81. The van der Waals surface area contributed by atoms with Crippen LogP contribution in [0.4, 0.5) is 16.2 Å². The number of anilines is 2. The predicted molar refractivity (Wildman–Crippen MR) is 140 cm³/mol. The number of allylic oxidation sites excluding steroid dienone is 1. The molecule has 7 nitrogen and oxygen atoms in total. The first-order chi connectivity index (χ1) is 16.3. The summed E-state index contributed by atoms with van der Waals surface area (Å²) in [6.45, 7) is 10.5. The Kier molecular flexibility index (Phi) is 12.7. The van der Waals surface area contributed by atoms with Crippen LogP contribution in [0, 0.1) is 31.1 Å². The number of hydrogen-bond acceptors (Lipinski definition) is 5. The highest BCUT2D eigenvalue weighted by Gasteiger charge is 2.27. The molecule has 7 heteroatoms. The number of urea groups is 1. The van der Waals surface area contributed by atoms with Crippen LogP contribution in [-0.2, 0) is 4.79 Å². The van der Waals surface area contributed by atoms with E-state index in [2.05, 4.69) is 33.5 Å². The summed E-state index contributed by atoms with van der Waals surface area (Å²) in [5.74, 6) is -0.468. The number of carbonyl (C=O) groups excluding carboxylic acids is 2. The Balaban J connectivity index is 0.000000872. The third-order valence-electron chi connectivity index (χ3n) is 5.12. The van der Waals surface area contributed by atoms with Crippen molar-refractivity contribution in [2.75, 3.05) is 37.4 Å². The fourth-order valence-corrected chi connectivity index (χ4v) is 3.46. The summed E-state index contributed by atoms with van der Waals surface area (Å²) in [5, 5.41) is 17.3. The van der Waals surface area contributed by atoms with Crippen LogP contribution in [0.5, 0.6) is 0 Å². The van der Waals surface area contributed by atoms with E-state index in [0.717, 1.165) is 16.8 Å². The first-order valence-corrected chi connectivity index (χ1v) is 11.4. The zero-order chi connectivity index (χ0) is 25.5. The monoisotopic (exact) mass is 463 g/mol. The van der Waals surface area contributed by atoms with E-state index in [-0.39, 0.29) is 11.8 Å². The molecule has 1 aliphatic heterocycles. The standard InChI is InChI=1S/C22H24N4O2.C3H6.C2H7N/c1-15-6-8-18(9-7-15)24-22(28)25-21(27)17-10-12-26(13-11-17)20-5-3-4-16(2)19(20)14-23;2*1-3-2/h3-9,17H,10-13H2,1-2H3,(H2,24,25,27,28);3H,1H2,2H3;3H,1-2H3. The molecule has 3 amide bonds. The van der Waals surface area contributed by atoms with Gasteiger partial charge in [0.15, 0.2) is 0 Å². The molecule has 0 aromatic heterocycles. The first-order valence-electron chi connectivity index (χ1n) is 11.4. The molecule has 1 saturated heterocycles. The number of imide groups is 1. The van der Waals surface area contributed by atoms with Gasteiger partial charge in [0.2, 0.25) is 5.91 Å². The van der Waals surface area contributed by atoms with Gasteiger partial charge < -0.3 is 15.5 Å². The lowest BCUT2D eigenvalue weighted by atomic mass is 9.94. The van der Waals surface area contributed by atoms with Gasteiger partial charge in [-0.15, -0.1) is 6.58 Å². The highest BCUT2D eigenvalue weighted by atomic mass is 16.2. The molecule has 0 bridgehead atoms. The Morgan fingerprint density at radius 3 is 2.18 bits per heavy atom. The second kappa shape index (κ2) is 15.3. The zero-order valence-corrected chi connectivity index (χ0v) is 20.9. The summed E-state index contributed by atoms with van der Waals surface area (Å²) in [4.78, 5) is 26.6. The Bertz CT molecular complexity index is 972. The van der Waals surface area contributed by atoms with E-state index in [9.17, 15) is 14.9 Å². The molecule has 2 aromatic carbocycles. The van der Waals surface area contributed by atoms with Gasteiger partial charge in [-0.2, -0.15) is 5.26 Å². The van der Waals surface area contributed by atoms with E-state index in [1.54, 1.807) is 18.2 Å². The minimum Gasteiger partial charge on any atom is -0.370 e. The molecule has 1 fully saturated rings. The lowest BCUT2D eigenvalue weighted by Gasteiger charge is -2.33. The first kappa shape index (κ1) is 28.4. The number of aryl methyl sites for hydroxylation is 2. The second-order valence-corrected chi connectivity index (χ2v) is 8.06. The van der Waals surface area contributed by atoms with Crippen molar-refractivity contribution in [3.8, 4) is 6.07 Å². The number of benzene rings is 2. The molecule has 0 saturated carbocycles. The molecule has 182 valence electrons. The van der Waals surface area contributed by atoms with E-state index in [0.29, 0.717) is 37.2 Å². The maximum absolute atomic E-state index is 12.4. The molecular weight excluding hydrogens is 426 g/mol. The van der Waals surface area contributed by atoms with Gasteiger partial charge in [-0.1, -0.05) is 35.9 Å². The number of hydrogen-bond donors (Lipinski definition) is 3. The van der Waals surface area contributed by atoms with Gasteiger partial charge in [0.25, 0.3) is 0 Å². The quantitative estimate of drug-likeness (QED) is 0.570. The summed E-state index contributed by atoms with van der Waals surface area (Å²) >= 11 is 0. The molecule has 0 unspecified atom stereocenters. The van der Waals surface area contributed by atoms with Crippen LogP contribution in [-0.4, -0.2) is 39.1 Å². The van der Waals surface area contributed by atoms with Crippen molar-refractivity contribution >= 4 is 23.3 Å². The predicted octanol–water partition coefficient (Wildman–Crippen LogP) is 4.77. The summed E-state index contributed by atoms with van der Waals surface area (Å²) in [7, 11) is 3.75. The summed E-state index contributed by atoms with van der Waals surface area (Å²) < 4.78 is 0. The van der Waals surface area contributed by atoms with Crippen molar-refractivity contribution in [2.24, 2.45) is 5.92 Å². The highest BCUT2D eigenvalue weighted by Crippen LogP contribution is 2.28. The van der Waals surface area contributed by atoms with Gasteiger partial charge in [-0.05, 0) is 71.5 Å².